The van der Waals surface area contributed by atoms with Crippen LogP contribution in [0.3, 0.4) is 0 Å². The number of esters is 1. The maximum absolute atomic E-state index is 11.3. The molecule has 0 fully saturated rings. The van der Waals surface area contributed by atoms with Crippen molar-refractivity contribution in [2.45, 2.75) is 12.7 Å². The average molecular weight is 240 g/mol. The Kier molecular flexibility index (Phi) is 4.93. The predicted molar refractivity (Wildman–Crippen MR) is 60.7 cm³/mol. The minimum atomic E-state index is -1.31. The number of methoxy groups -OCH3 is 3. The zero-order valence-electron chi connectivity index (χ0n) is 10.1. The number of rotatable bonds is 5. The summed E-state index contributed by atoms with van der Waals surface area (Å²) in [5, 5.41) is 9.79. The van der Waals surface area contributed by atoms with E-state index in [1.807, 2.05) is 0 Å². The Balaban J connectivity index is 3.08. The lowest BCUT2D eigenvalue weighted by Crippen LogP contribution is -2.15. The van der Waals surface area contributed by atoms with E-state index in [1.54, 1.807) is 25.3 Å². The van der Waals surface area contributed by atoms with Crippen LogP contribution < -0.4 is 4.74 Å². The van der Waals surface area contributed by atoms with Crippen molar-refractivity contribution in [3.63, 3.8) is 0 Å². The maximum atomic E-state index is 11.3. The number of benzene rings is 1. The second-order valence-electron chi connectivity index (χ2n) is 3.42. The summed E-state index contributed by atoms with van der Waals surface area (Å²) in [5.41, 5.74) is 1.14. The van der Waals surface area contributed by atoms with Crippen molar-refractivity contribution in [1.29, 1.82) is 0 Å². The largest absolute Gasteiger partial charge is 0.497 e. The quantitative estimate of drug-likeness (QED) is 0.779. The molecular weight excluding hydrogens is 224 g/mol. The van der Waals surface area contributed by atoms with Gasteiger partial charge < -0.3 is 19.3 Å². The van der Waals surface area contributed by atoms with Crippen LogP contribution in [0.15, 0.2) is 18.2 Å². The number of hydrogen-bond acceptors (Lipinski definition) is 5. The Hall–Kier alpha value is -1.59. The van der Waals surface area contributed by atoms with Gasteiger partial charge in [-0.3, -0.25) is 0 Å². The van der Waals surface area contributed by atoms with E-state index in [4.69, 9.17) is 9.47 Å². The molecule has 0 saturated carbocycles. The first-order valence-corrected chi connectivity index (χ1v) is 5.05. The summed E-state index contributed by atoms with van der Waals surface area (Å²) in [5.74, 6) is -0.0645. The Bertz CT molecular complexity index is 388. The van der Waals surface area contributed by atoms with E-state index in [0.29, 0.717) is 16.9 Å². The molecule has 0 bridgehead atoms. The molecule has 0 aliphatic carbocycles. The Labute approximate surface area is 99.9 Å². The van der Waals surface area contributed by atoms with Crippen LogP contribution in [0.5, 0.6) is 5.75 Å². The summed E-state index contributed by atoms with van der Waals surface area (Å²) in [6, 6.07) is 5.00. The molecule has 1 aromatic carbocycles. The highest BCUT2D eigenvalue weighted by atomic mass is 16.5. The maximum Gasteiger partial charge on any atom is 0.339 e. The molecular formula is C12H16O5. The minimum Gasteiger partial charge on any atom is -0.497 e. The second-order valence-corrected chi connectivity index (χ2v) is 3.42. The summed E-state index contributed by atoms with van der Waals surface area (Å²) in [6.45, 7) is 0.278. The highest BCUT2D eigenvalue weighted by molar-refractivity contribution is 5.76. The van der Waals surface area contributed by atoms with Crippen molar-refractivity contribution in [3.05, 3.63) is 29.3 Å². The van der Waals surface area contributed by atoms with E-state index in [9.17, 15) is 9.90 Å². The summed E-state index contributed by atoms with van der Waals surface area (Å²) < 4.78 is 14.6. The van der Waals surface area contributed by atoms with Crippen LogP contribution in [-0.4, -0.2) is 32.4 Å². The standard InChI is InChI=1S/C12H16O5/c1-15-7-8-6-9(16-2)4-5-10(8)11(13)12(14)17-3/h4-6,11,13H,7H2,1-3H3. The molecule has 0 heterocycles. The number of aliphatic hydroxyl groups is 1. The van der Waals surface area contributed by atoms with Gasteiger partial charge in [-0.2, -0.15) is 0 Å². The topological polar surface area (TPSA) is 65.0 Å². The summed E-state index contributed by atoms with van der Waals surface area (Å²) in [6.07, 6.45) is -1.31. The van der Waals surface area contributed by atoms with Gasteiger partial charge in [0.25, 0.3) is 0 Å². The van der Waals surface area contributed by atoms with Gasteiger partial charge in [0, 0.05) is 7.11 Å². The normalized spacial score (nSPS) is 12.0. The molecule has 17 heavy (non-hydrogen) atoms. The van der Waals surface area contributed by atoms with E-state index >= 15 is 0 Å². The van der Waals surface area contributed by atoms with Crippen LogP contribution in [0.2, 0.25) is 0 Å². The molecule has 0 radical (unpaired) electrons. The number of carbonyl (C=O) groups is 1. The molecule has 0 aliphatic heterocycles. The lowest BCUT2D eigenvalue weighted by molar-refractivity contribution is -0.150. The van der Waals surface area contributed by atoms with Crippen LogP contribution in [-0.2, 0) is 20.9 Å². The van der Waals surface area contributed by atoms with Gasteiger partial charge in [-0.15, -0.1) is 0 Å². The molecule has 1 N–H and O–H groups in total. The first-order chi connectivity index (χ1) is 8.13. The summed E-state index contributed by atoms with van der Waals surface area (Å²) in [7, 11) is 4.31. The van der Waals surface area contributed by atoms with Crippen molar-refractivity contribution >= 4 is 5.97 Å². The molecule has 5 heteroatoms. The van der Waals surface area contributed by atoms with Crippen molar-refractivity contribution in [2.24, 2.45) is 0 Å². The SMILES string of the molecule is COCc1cc(OC)ccc1C(O)C(=O)OC. The van der Waals surface area contributed by atoms with Gasteiger partial charge in [0.1, 0.15) is 5.75 Å². The fraction of sp³-hybridized carbons (Fsp3) is 0.417. The van der Waals surface area contributed by atoms with Crippen LogP contribution in [0, 0.1) is 0 Å². The third-order valence-corrected chi connectivity index (χ3v) is 2.37. The van der Waals surface area contributed by atoms with Crippen LogP contribution in [0.4, 0.5) is 0 Å². The lowest BCUT2D eigenvalue weighted by Gasteiger charge is -2.14. The highest BCUT2D eigenvalue weighted by Crippen LogP contribution is 2.24. The molecule has 1 aromatic rings. The van der Waals surface area contributed by atoms with Gasteiger partial charge in [-0.1, -0.05) is 6.07 Å². The number of hydrogen-bond donors (Lipinski definition) is 1. The van der Waals surface area contributed by atoms with Gasteiger partial charge >= 0.3 is 5.97 Å². The van der Waals surface area contributed by atoms with Crippen LogP contribution >= 0.6 is 0 Å². The molecule has 1 rings (SSSR count). The van der Waals surface area contributed by atoms with Crippen molar-refractivity contribution in [2.75, 3.05) is 21.3 Å². The second kappa shape index (κ2) is 6.22. The minimum absolute atomic E-state index is 0.278. The van der Waals surface area contributed by atoms with E-state index < -0.39 is 12.1 Å². The number of carbonyl (C=O) groups excluding carboxylic acids is 1. The summed E-state index contributed by atoms with van der Waals surface area (Å²) >= 11 is 0. The van der Waals surface area contributed by atoms with Gasteiger partial charge in [0.15, 0.2) is 6.10 Å². The Morgan fingerprint density at radius 2 is 2.06 bits per heavy atom. The van der Waals surface area contributed by atoms with E-state index in [2.05, 4.69) is 4.74 Å². The van der Waals surface area contributed by atoms with E-state index in [0.717, 1.165) is 0 Å². The fourth-order valence-electron chi connectivity index (χ4n) is 1.49. The third-order valence-electron chi connectivity index (χ3n) is 2.37. The highest BCUT2D eigenvalue weighted by Gasteiger charge is 2.21. The zero-order valence-corrected chi connectivity index (χ0v) is 10.1. The smallest absolute Gasteiger partial charge is 0.339 e. The fourth-order valence-corrected chi connectivity index (χ4v) is 1.49. The first-order valence-electron chi connectivity index (χ1n) is 5.05. The van der Waals surface area contributed by atoms with Gasteiger partial charge in [0.2, 0.25) is 0 Å². The molecule has 1 unspecified atom stereocenters. The monoisotopic (exact) mass is 240 g/mol. The molecule has 5 nitrogen and oxygen atoms in total. The first kappa shape index (κ1) is 13.5. The molecule has 94 valence electrons. The predicted octanol–water partition coefficient (Wildman–Crippen LogP) is 1.05. The van der Waals surface area contributed by atoms with E-state index in [-0.39, 0.29) is 6.61 Å². The average Bonchev–Trinajstić information content (AvgIpc) is 2.37. The number of ether oxygens (including phenoxy) is 3. The molecule has 0 amide bonds. The molecule has 1 atom stereocenters. The number of aliphatic hydroxyl groups excluding tert-OH is 1. The van der Waals surface area contributed by atoms with Gasteiger partial charge in [-0.05, 0) is 23.3 Å². The molecule has 0 aromatic heterocycles. The van der Waals surface area contributed by atoms with Crippen molar-refractivity contribution < 1.29 is 24.1 Å². The Morgan fingerprint density at radius 1 is 1.35 bits per heavy atom. The summed E-state index contributed by atoms with van der Waals surface area (Å²) in [4.78, 5) is 11.3. The van der Waals surface area contributed by atoms with Crippen molar-refractivity contribution in [1.82, 2.24) is 0 Å². The van der Waals surface area contributed by atoms with Crippen LogP contribution in [0.1, 0.15) is 17.2 Å². The molecule has 0 saturated heterocycles. The van der Waals surface area contributed by atoms with Gasteiger partial charge in [-0.25, -0.2) is 4.79 Å². The Morgan fingerprint density at radius 3 is 2.59 bits per heavy atom. The van der Waals surface area contributed by atoms with E-state index in [1.165, 1.54) is 14.2 Å². The van der Waals surface area contributed by atoms with Gasteiger partial charge in [0.05, 0.1) is 20.8 Å². The molecule has 0 aliphatic rings. The molecule has 0 spiro atoms. The van der Waals surface area contributed by atoms with Crippen LogP contribution in [0.25, 0.3) is 0 Å². The zero-order chi connectivity index (χ0) is 12.8. The third kappa shape index (κ3) is 3.18. The van der Waals surface area contributed by atoms with Crippen molar-refractivity contribution in [3.8, 4) is 5.75 Å². The lowest BCUT2D eigenvalue weighted by atomic mass is 10.0.